The number of carbonyl (C=O) groups is 1. The Bertz CT molecular complexity index is 478. The van der Waals surface area contributed by atoms with Gasteiger partial charge in [0.15, 0.2) is 18.2 Å². The third kappa shape index (κ3) is 5.21. The Labute approximate surface area is 117 Å². The third-order valence-corrected chi connectivity index (χ3v) is 2.52. The van der Waals surface area contributed by atoms with E-state index >= 15 is 0 Å². The summed E-state index contributed by atoms with van der Waals surface area (Å²) in [5.41, 5.74) is 5.80. The van der Waals surface area contributed by atoms with Crippen molar-refractivity contribution in [3.05, 3.63) is 29.6 Å². The first-order valence-corrected chi connectivity index (χ1v) is 6.30. The van der Waals surface area contributed by atoms with Crippen LogP contribution in [0.2, 0.25) is 0 Å². The quantitative estimate of drug-likeness (QED) is 0.779. The highest BCUT2D eigenvalue weighted by Crippen LogP contribution is 2.18. The minimum atomic E-state index is -0.595. The van der Waals surface area contributed by atoms with Crippen molar-refractivity contribution in [1.29, 1.82) is 0 Å². The lowest BCUT2D eigenvalue weighted by Gasteiger charge is -2.10. The lowest BCUT2D eigenvalue weighted by atomic mass is 10.2. The topological polar surface area (TPSA) is 64.3 Å². The van der Waals surface area contributed by atoms with Crippen molar-refractivity contribution >= 4 is 23.1 Å². The Kier molecular flexibility index (Phi) is 5.69. The van der Waals surface area contributed by atoms with Gasteiger partial charge >= 0.3 is 0 Å². The number of hydrogen-bond donors (Lipinski definition) is 2. The first-order valence-electron chi connectivity index (χ1n) is 5.89. The van der Waals surface area contributed by atoms with E-state index < -0.39 is 5.82 Å². The second kappa shape index (κ2) is 7.04. The highest BCUT2D eigenvalue weighted by molar-refractivity contribution is 7.80. The molecule has 1 amide bonds. The number of nitrogens with two attached hydrogens (primary N) is 1. The molecule has 1 rings (SSSR count). The van der Waals surface area contributed by atoms with E-state index in [1.165, 1.54) is 12.1 Å². The fourth-order valence-corrected chi connectivity index (χ4v) is 1.41. The van der Waals surface area contributed by atoms with Gasteiger partial charge in [-0.2, -0.15) is 0 Å². The Morgan fingerprint density at radius 3 is 2.74 bits per heavy atom. The second-order valence-corrected chi connectivity index (χ2v) is 4.94. The molecule has 104 valence electrons. The standard InChI is InChI=1S/C13H17FN2O2S/c1-8(2)6-16-12(17)7-18-11-4-3-9(13(15)19)5-10(11)14/h3-5,8H,6-7H2,1-2H3,(H2,15,19)(H,16,17). The van der Waals surface area contributed by atoms with Crippen LogP contribution >= 0.6 is 12.2 Å². The van der Waals surface area contributed by atoms with Crippen molar-refractivity contribution in [3.8, 4) is 5.75 Å². The zero-order valence-electron chi connectivity index (χ0n) is 10.9. The van der Waals surface area contributed by atoms with Gasteiger partial charge in [0, 0.05) is 12.1 Å². The van der Waals surface area contributed by atoms with E-state index in [2.05, 4.69) is 5.32 Å². The van der Waals surface area contributed by atoms with Gasteiger partial charge in [0.25, 0.3) is 5.91 Å². The van der Waals surface area contributed by atoms with E-state index in [9.17, 15) is 9.18 Å². The average molecular weight is 284 g/mol. The van der Waals surface area contributed by atoms with Crippen LogP contribution < -0.4 is 15.8 Å². The van der Waals surface area contributed by atoms with Crippen LogP contribution in [0.25, 0.3) is 0 Å². The first kappa shape index (κ1) is 15.4. The van der Waals surface area contributed by atoms with Crippen LogP contribution in [0.15, 0.2) is 18.2 Å². The van der Waals surface area contributed by atoms with Gasteiger partial charge in [-0.3, -0.25) is 4.79 Å². The molecule has 0 aliphatic rings. The largest absolute Gasteiger partial charge is 0.481 e. The molecular formula is C13H17FN2O2S. The molecule has 0 atom stereocenters. The number of thiocarbonyl (C=S) groups is 1. The minimum absolute atomic E-state index is 0.000281. The van der Waals surface area contributed by atoms with Crippen molar-refractivity contribution in [2.24, 2.45) is 11.7 Å². The molecule has 0 spiro atoms. The van der Waals surface area contributed by atoms with Gasteiger partial charge in [0.1, 0.15) is 4.99 Å². The first-order chi connectivity index (χ1) is 8.90. The summed E-state index contributed by atoms with van der Waals surface area (Å²) in [5, 5.41) is 2.67. The molecule has 0 fully saturated rings. The lowest BCUT2D eigenvalue weighted by molar-refractivity contribution is -0.123. The average Bonchev–Trinajstić information content (AvgIpc) is 2.34. The Balaban J connectivity index is 2.54. The van der Waals surface area contributed by atoms with Crippen molar-refractivity contribution in [2.75, 3.05) is 13.2 Å². The van der Waals surface area contributed by atoms with Crippen LogP contribution in [-0.4, -0.2) is 24.0 Å². The second-order valence-electron chi connectivity index (χ2n) is 4.50. The molecule has 1 aromatic rings. The van der Waals surface area contributed by atoms with Gasteiger partial charge in [-0.05, 0) is 24.1 Å². The van der Waals surface area contributed by atoms with Gasteiger partial charge in [-0.1, -0.05) is 26.1 Å². The summed E-state index contributed by atoms with van der Waals surface area (Å²) in [4.78, 5) is 11.5. The summed E-state index contributed by atoms with van der Waals surface area (Å²) >= 11 is 4.74. The van der Waals surface area contributed by atoms with Crippen LogP contribution in [0.4, 0.5) is 4.39 Å². The maximum absolute atomic E-state index is 13.6. The van der Waals surface area contributed by atoms with Crippen molar-refractivity contribution in [3.63, 3.8) is 0 Å². The molecule has 6 heteroatoms. The molecule has 0 unspecified atom stereocenters. The van der Waals surface area contributed by atoms with E-state index in [1.807, 2.05) is 13.8 Å². The molecule has 1 aromatic carbocycles. The fraction of sp³-hybridized carbons (Fsp3) is 0.385. The van der Waals surface area contributed by atoms with E-state index in [0.29, 0.717) is 18.0 Å². The van der Waals surface area contributed by atoms with Crippen LogP contribution in [0.3, 0.4) is 0 Å². The zero-order chi connectivity index (χ0) is 14.4. The van der Waals surface area contributed by atoms with Crippen molar-refractivity contribution in [1.82, 2.24) is 5.32 Å². The molecule has 3 N–H and O–H groups in total. The van der Waals surface area contributed by atoms with Crippen molar-refractivity contribution < 1.29 is 13.9 Å². The van der Waals surface area contributed by atoms with Crippen LogP contribution in [-0.2, 0) is 4.79 Å². The molecule has 4 nitrogen and oxygen atoms in total. The predicted molar refractivity (Wildman–Crippen MR) is 75.6 cm³/mol. The lowest BCUT2D eigenvalue weighted by Crippen LogP contribution is -2.31. The Morgan fingerprint density at radius 2 is 2.21 bits per heavy atom. The van der Waals surface area contributed by atoms with E-state index in [4.69, 9.17) is 22.7 Å². The number of halogens is 1. The van der Waals surface area contributed by atoms with E-state index in [-0.39, 0.29) is 23.3 Å². The van der Waals surface area contributed by atoms with Gasteiger partial charge in [0.05, 0.1) is 0 Å². The van der Waals surface area contributed by atoms with Gasteiger partial charge in [-0.15, -0.1) is 0 Å². The molecule has 0 aromatic heterocycles. The molecule has 0 heterocycles. The van der Waals surface area contributed by atoms with E-state index in [1.54, 1.807) is 6.07 Å². The molecule has 0 aliphatic heterocycles. The third-order valence-electron chi connectivity index (χ3n) is 2.28. The van der Waals surface area contributed by atoms with Gasteiger partial charge < -0.3 is 15.8 Å². The molecule has 0 radical (unpaired) electrons. The number of nitrogens with one attached hydrogen (secondary N) is 1. The highest BCUT2D eigenvalue weighted by Gasteiger charge is 2.09. The van der Waals surface area contributed by atoms with Gasteiger partial charge in [-0.25, -0.2) is 4.39 Å². The summed E-state index contributed by atoms with van der Waals surface area (Å²) in [7, 11) is 0. The summed E-state index contributed by atoms with van der Waals surface area (Å²) in [6, 6.07) is 4.13. The maximum atomic E-state index is 13.6. The number of hydrogen-bond acceptors (Lipinski definition) is 3. The smallest absolute Gasteiger partial charge is 0.257 e. The fourth-order valence-electron chi connectivity index (χ4n) is 1.28. The number of rotatable bonds is 6. The number of ether oxygens (including phenoxy) is 1. The zero-order valence-corrected chi connectivity index (χ0v) is 11.7. The summed E-state index contributed by atoms with van der Waals surface area (Å²) in [6.07, 6.45) is 0. The van der Waals surface area contributed by atoms with Crippen molar-refractivity contribution in [2.45, 2.75) is 13.8 Å². The highest BCUT2D eigenvalue weighted by atomic mass is 32.1. The summed E-state index contributed by atoms with van der Waals surface area (Å²) < 4.78 is 18.7. The molecule has 0 bridgehead atoms. The number of carbonyl (C=O) groups excluding carboxylic acids is 1. The number of amides is 1. The monoisotopic (exact) mass is 284 g/mol. The molecule has 0 saturated carbocycles. The van der Waals surface area contributed by atoms with Crippen LogP contribution in [0.5, 0.6) is 5.75 Å². The van der Waals surface area contributed by atoms with Gasteiger partial charge in [0.2, 0.25) is 0 Å². The number of benzene rings is 1. The molecule has 0 aliphatic carbocycles. The predicted octanol–water partition coefficient (Wildman–Crippen LogP) is 1.61. The summed E-state index contributed by atoms with van der Waals surface area (Å²) in [6.45, 7) is 4.30. The molecule has 0 saturated heterocycles. The summed E-state index contributed by atoms with van der Waals surface area (Å²) in [5.74, 6) is -0.529. The normalized spacial score (nSPS) is 10.3. The SMILES string of the molecule is CC(C)CNC(=O)COc1ccc(C(N)=S)cc1F. The van der Waals surface area contributed by atoms with Crippen LogP contribution in [0, 0.1) is 11.7 Å². The Hall–Kier alpha value is -1.69. The Morgan fingerprint density at radius 1 is 1.53 bits per heavy atom. The molecular weight excluding hydrogens is 267 g/mol. The van der Waals surface area contributed by atoms with E-state index in [0.717, 1.165) is 0 Å². The molecule has 19 heavy (non-hydrogen) atoms. The maximum Gasteiger partial charge on any atom is 0.257 e. The minimum Gasteiger partial charge on any atom is -0.481 e. The van der Waals surface area contributed by atoms with Crippen LogP contribution in [0.1, 0.15) is 19.4 Å².